The summed E-state index contributed by atoms with van der Waals surface area (Å²) in [7, 11) is 0. The van der Waals surface area contributed by atoms with Gasteiger partial charge in [0, 0.05) is 5.70 Å². The SMILES string of the molecule is CC(C)(O)/C(N)=C/C=C(\N)c1[nH+]c(-c2ccc(F)cc2)oc1Br. The maximum Gasteiger partial charge on any atom is 0.380 e. The van der Waals surface area contributed by atoms with Crippen LogP contribution in [0.15, 0.2) is 51.2 Å². The maximum absolute atomic E-state index is 13.0. The number of rotatable bonds is 4. The average Bonchev–Trinajstić information content (AvgIpc) is 2.86. The largest absolute Gasteiger partial charge is 0.400 e. The number of aromatic nitrogens is 1. The van der Waals surface area contributed by atoms with Crippen LogP contribution < -0.4 is 16.5 Å². The van der Waals surface area contributed by atoms with Gasteiger partial charge in [-0.15, -0.1) is 0 Å². The zero-order chi connectivity index (χ0) is 17.2. The molecule has 0 aliphatic rings. The maximum atomic E-state index is 13.0. The highest BCUT2D eigenvalue weighted by molar-refractivity contribution is 9.10. The zero-order valence-electron chi connectivity index (χ0n) is 12.7. The molecule has 0 fully saturated rings. The van der Waals surface area contributed by atoms with E-state index in [1.165, 1.54) is 18.2 Å². The third-order valence-corrected chi connectivity index (χ3v) is 3.73. The predicted molar refractivity (Wildman–Crippen MR) is 89.1 cm³/mol. The normalized spacial score (nSPS) is 13.4. The summed E-state index contributed by atoms with van der Waals surface area (Å²) in [5.74, 6) is 0.105. The molecule has 0 radical (unpaired) electrons. The minimum Gasteiger partial charge on any atom is -0.400 e. The summed E-state index contributed by atoms with van der Waals surface area (Å²) in [6.45, 7) is 3.16. The van der Waals surface area contributed by atoms with Crippen molar-refractivity contribution in [2.24, 2.45) is 11.5 Å². The predicted octanol–water partition coefficient (Wildman–Crippen LogP) is 2.58. The zero-order valence-corrected chi connectivity index (χ0v) is 14.3. The van der Waals surface area contributed by atoms with E-state index in [0.717, 1.165) is 0 Å². The van der Waals surface area contributed by atoms with Crippen LogP contribution >= 0.6 is 15.9 Å². The first kappa shape index (κ1) is 17.2. The molecular weight excluding hydrogens is 365 g/mol. The lowest BCUT2D eigenvalue weighted by molar-refractivity contribution is -0.372. The number of nitrogens with two attached hydrogens (primary N) is 2. The lowest BCUT2D eigenvalue weighted by Gasteiger charge is -2.16. The van der Waals surface area contributed by atoms with Gasteiger partial charge < -0.3 is 21.0 Å². The number of aliphatic hydroxyl groups is 1. The molecule has 1 heterocycles. The second-order valence-corrected chi connectivity index (χ2v) is 6.24. The van der Waals surface area contributed by atoms with E-state index >= 15 is 0 Å². The Morgan fingerprint density at radius 3 is 2.43 bits per heavy atom. The second kappa shape index (κ2) is 6.55. The molecule has 0 saturated carbocycles. The molecule has 0 atom stereocenters. The fourth-order valence-electron chi connectivity index (χ4n) is 1.71. The minimum atomic E-state index is -1.13. The Kier molecular flexibility index (Phi) is 4.91. The van der Waals surface area contributed by atoms with Gasteiger partial charge >= 0.3 is 5.89 Å². The molecule has 23 heavy (non-hydrogen) atoms. The Hall–Kier alpha value is -2.12. The molecule has 0 bridgehead atoms. The molecule has 1 aromatic carbocycles. The number of nitrogens with one attached hydrogen (secondary N) is 1. The van der Waals surface area contributed by atoms with Crippen LogP contribution in [-0.4, -0.2) is 10.7 Å². The van der Waals surface area contributed by atoms with E-state index in [9.17, 15) is 9.50 Å². The van der Waals surface area contributed by atoms with Crippen LogP contribution in [0.3, 0.4) is 0 Å². The van der Waals surface area contributed by atoms with E-state index in [0.29, 0.717) is 27.5 Å². The first-order chi connectivity index (χ1) is 10.7. The number of allylic oxidation sites excluding steroid dienone is 2. The molecule has 7 heteroatoms. The molecule has 0 spiro atoms. The Bertz CT molecular complexity index is 759. The van der Waals surface area contributed by atoms with Crippen molar-refractivity contribution in [2.45, 2.75) is 19.4 Å². The van der Waals surface area contributed by atoms with E-state index in [2.05, 4.69) is 20.9 Å². The van der Waals surface area contributed by atoms with Crippen molar-refractivity contribution in [3.8, 4) is 11.5 Å². The van der Waals surface area contributed by atoms with Crippen LogP contribution in [0.5, 0.6) is 0 Å². The van der Waals surface area contributed by atoms with Gasteiger partial charge in [0.15, 0.2) is 0 Å². The van der Waals surface area contributed by atoms with Gasteiger partial charge in [0.05, 0.1) is 11.2 Å². The lowest BCUT2D eigenvalue weighted by Crippen LogP contribution is -2.27. The van der Waals surface area contributed by atoms with E-state index in [4.69, 9.17) is 15.9 Å². The van der Waals surface area contributed by atoms with Crippen LogP contribution in [0, 0.1) is 5.82 Å². The Morgan fingerprint density at radius 1 is 1.26 bits per heavy atom. The van der Waals surface area contributed by atoms with Gasteiger partial charge in [0.25, 0.3) is 5.69 Å². The minimum absolute atomic E-state index is 0.277. The van der Waals surface area contributed by atoms with Gasteiger partial charge in [-0.2, -0.15) is 4.98 Å². The van der Waals surface area contributed by atoms with Crippen molar-refractivity contribution < 1.29 is 18.9 Å². The molecule has 2 aromatic rings. The Morgan fingerprint density at radius 2 is 1.87 bits per heavy atom. The number of hydrogen-bond acceptors (Lipinski definition) is 4. The van der Waals surface area contributed by atoms with Crippen LogP contribution in [0.4, 0.5) is 4.39 Å². The lowest BCUT2D eigenvalue weighted by atomic mass is 10.1. The summed E-state index contributed by atoms with van der Waals surface area (Å²) in [5.41, 5.74) is 12.5. The second-order valence-electron chi connectivity index (χ2n) is 5.51. The number of halogens is 2. The molecule has 0 unspecified atom stereocenters. The molecule has 1 aromatic heterocycles. The fourth-order valence-corrected chi connectivity index (χ4v) is 2.20. The molecule has 0 aliphatic carbocycles. The summed E-state index contributed by atoms with van der Waals surface area (Å²) < 4.78 is 18.9. The van der Waals surface area contributed by atoms with Crippen molar-refractivity contribution in [3.63, 3.8) is 0 Å². The first-order valence-corrected chi connectivity index (χ1v) is 7.61. The van der Waals surface area contributed by atoms with Crippen LogP contribution in [0.25, 0.3) is 17.2 Å². The highest BCUT2D eigenvalue weighted by Gasteiger charge is 2.22. The number of oxazole rings is 1. The summed E-state index contributed by atoms with van der Waals surface area (Å²) in [6, 6.07) is 5.86. The standard InChI is InChI=1S/C16H17BrFN3O2/c1-16(2,22)12(20)8-7-11(19)13-14(17)23-15(21-13)9-3-5-10(18)6-4-9/h3-8,22H,19-20H2,1-2H3/p+1/b11-7-,12-8-. The molecule has 2 rings (SSSR count). The first-order valence-electron chi connectivity index (χ1n) is 6.82. The third kappa shape index (κ3) is 4.20. The number of aromatic amines is 1. The molecule has 0 amide bonds. The topological polar surface area (TPSA) is 99.5 Å². The smallest absolute Gasteiger partial charge is 0.380 e. The van der Waals surface area contributed by atoms with Gasteiger partial charge in [-0.1, -0.05) is 0 Å². The molecular formula is C16H18BrFN3O2+. The Balaban J connectivity index is 2.32. The van der Waals surface area contributed by atoms with E-state index in [-0.39, 0.29) is 11.5 Å². The molecule has 0 saturated heterocycles. The quantitative estimate of drug-likeness (QED) is 0.707. The van der Waals surface area contributed by atoms with Crippen molar-refractivity contribution in [3.05, 3.63) is 58.3 Å². The number of benzene rings is 1. The number of H-pyrrole nitrogens is 1. The van der Waals surface area contributed by atoms with E-state index < -0.39 is 5.60 Å². The molecule has 0 aliphatic heterocycles. The van der Waals surface area contributed by atoms with Gasteiger partial charge in [-0.05, 0) is 66.2 Å². The molecule has 122 valence electrons. The van der Waals surface area contributed by atoms with Gasteiger partial charge in [-0.25, -0.2) is 4.39 Å². The van der Waals surface area contributed by atoms with Gasteiger partial charge in [0.2, 0.25) is 4.67 Å². The van der Waals surface area contributed by atoms with Gasteiger partial charge in [-0.3, -0.25) is 0 Å². The average molecular weight is 383 g/mol. The highest BCUT2D eigenvalue weighted by atomic mass is 79.9. The van der Waals surface area contributed by atoms with Crippen LogP contribution in [0.1, 0.15) is 19.5 Å². The van der Waals surface area contributed by atoms with Crippen molar-refractivity contribution in [1.82, 2.24) is 0 Å². The van der Waals surface area contributed by atoms with E-state index in [1.807, 2.05) is 0 Å². The van der Waals surface area contributed by atoms with E-state index in [1.54, 1.807) is 32.1 Å². The Labute approximate surface area is 141 Å². The van der Waals surface area contributed by atoms with Crippen LogP contribution in [0.2, 0.25) is 0 Å². The number of hydrogen-bond donors (Lipinski definition) is 3. The van der Waals surface area contributed by atoms with Crippen molar-refractivity contribution in [1.29, 1.82) is 0 Å². The van der Waals surface area contributed by atoms with Crippen molar-refractivity contribution in [2.75, 3.05) is 0 Å². The summed E-state index contributed by atoms with van der Waals surface area (Å²) in [6.07, 6.45) is 3.09. The third-order valence-electron chi connectivity index (χ3n) is 3.17. The summed E-state index contributed by atoms with van der Waals surface area (Å²) >= 11 is 3.28. The van der Waals surface area contributed by atoms with Crippen molar-refractivity contribution >= 4 is 21.6 Å². The molecule has 6 N–H and O–H groups in total. The fraction of sp³-hybridized carbons (Fsp3) is 0.188. The van der Waals surface area contributed by atoms with Crippen LogP contribution in [-0.2, 0) is 0 Å². The summed E-state index contributed by atoms with van der Waals surface area (Å²) in [5, 5.41) is 9.77. The highest BCUT2D eigenvalue weighted by Crippen LogP contribution is 2.25. The van der Waals surface area contributed by atoms with Gasteiger partial charge in [0.1, 0.15) is 11.5 Å². The monoisotopic (exact) mass is 382 g/mol. The summed E-state index contributed by atoms with van der Waals surface area (Å²) in [4.78, 5) is 3.02. The molecule has 5 nitrogen and oxygen atoms in total.